The molecule has 2 aliphatic rings. The molecule has 2 aliphatic heterocycles. The van der Waals surface area contributed by atoms with Gasteiger partial charge in [-0.25, -0.2) is 9.69 Å². The number of hydrogen-bond donors (Lipinski definition) is 1. The van der Waals surface area contributed by atoms with Crippen molar-refractivity contribution in [2.45, 2.75) is 13.5 Å². The largest absolute Gasteiger partial charge is 0.493 e. The van der Waals surface area contributed by atoms with Crippen LogP contribution in [-0.4, -0.2) is 31.7 Å². The summed E-state index contributed by atoms with van der Waals surface area (Å²) >= 11 is 6.89. The van der Waals surface area contributed by atoms with Crippen LogP contribution in [0, 0.1) is 6.92 Å². The van der Waals surface area contributed by atoms with Gasteiger partial charge in [0.05, 0.1) is 12.8 Å². The molecular formula is C27H20Br2N2O7. The summed E-state index contributed by atoms with van der Waals surface area (Å²) in [5, 5.41) is 2.24. The number of ether oxygens (including phenoxy) is 4. The first kappa shape index (κ1) is 25.8. The smallest absolute Gasteiger partial charge is 0.335 e. The molecule has 3 aromatic rings. The third kappa shape index (κ3) is 4.99. The van der Waals surface area contributed by atoms with Crippen LogP contribution in [0.1, 0.15) is 16.7 Å². The molecule has 3 aromatic carbocycles. The van der Waals surface area contributed by atoms with Gasteiger partial charge in [-0.3, -0.25) is 14.9 Å². The highest BCUT2D eigenvalue weighted by Gasteiger charge is 2.37. The highest BCUT2D eigenvalue weighted by Crippen LogP contribution is 2.37. The molecule has 0 aliphatic carbocycles. The first-order valence-electron chi connectivity index (χ1n) is 11.3. The van der Waals surface area contributed by atoms with Gasteiger partial charge in [0.25, 0.3) is 11.8 Å². The predicted octanol–water partition coefficient (Wildman–Crippen LogP) is 5.50. The molecule has 194 valence electrons. The van der Waals surface area contributed by atoms with Gasteiger partial charge in [0, 0.05) is 8.95 Å². The fourth-order valence-corrected chi connectivity index (χ4v) is 4.62. The average molecular weight is 644 g/mol. The zero-order valence-electron chi connectivity index (χ0n) is 20.2. The molecule has 0 spiro atoms. The molecule has 0 saturated carbocycles. The van der Waals surface area contributed by atoms with Crippen molar-refractivity contribution < 1.29 is 33.3 Å². The van der Waals surface area contributed by atoms with Crippen molar-refractivity contribution >= 4 is 61.5 Å². The Morgan fingerprint density at radius 2 is 1.76 bits per heavy atom. The summed E-state index contributed by atoms with van der Waals surface area (Å²) in [6, 6.07) is 13.1. The second kappa shape index (κ2) is 10.5. The number of imide groups is 2. The van der Waals surface area contributed by atoms with E-state index in [1.807, 2.05) is 25.1 Å². The normalized spacial score (nSPS) is 15.6. The maximum absolute atomic E-state index is 13.3. The van der Waals surface area contributed by atoms with E-state index in [9.17, 15) is 14.4 Å². The Hall–Kier alpha value is -3.83. The molecule has 0 aromatic heterocycles. The van der Waals surface area contributed by atoms with E-state index in [1.165, 1.54) is 13.2 Å². The number of aryl methyl sites for hydroxylation is 1. The molecule has 1 fully saturated rings. The molecule has 0 atom stereocenters. The summed E-state index contributed by atoms with van der Waals surface area (Å²) in [6.45, 7) is 2.26. The molecule has 0 radical (unpaired) electrons. The SMILES string of the molecule is COc1cc(/C=C2\C(=O)NC(=O)N(c3ccc(Br)c(C)c3)C2=O)c(Br)cc1OCc1ccc2c(c1)OCO2. The Morgan fingerprint density at radius 3 is 2.53 bits per heavy atom. The molecule has 1 saturated heterocycles. The fraction of sp³-hybridized carbons (Fsp3) is 0.148. The minimum absolute atomic E-state index is 0.187. The van der Waals surface area contributed by atoms with Crippen LogP contribution in [-0.2, 0) is 16.2 Å². The van der Waals surface area contributed by atoms with Crippen molar-refractivity contribution in [1.82, 2.24) is 5.32 Å². The molecule has 1 N–H and O–H groups in total. The summed E-state index contributed by atoms with van der Waals surface area (Å²) in [5.74, 6) is 0.640. The van der Waals surface area contributed by atoms with Gasteiger partial charge >= 0.3 is 6.03 Å². The van der Waals surface area contributed by atoms with E-state index in [0.717, 1.165) is 20.5 Å². The zero-order chi connectivity index (χ0) is 27.0. The predicted molar refractivity (Wildman–Crippen MR) is 145 cm³/mol. The molecule has 2 heterocycles. The van der Waals surface area contributed by atoms with E-state index in [-0.39, 0.29) is 19.0 Å². The first-order chi connectivity index (χ1) is 18.2. The van der Waals surface area contributed by atoms with Crippen LogP contribution in [0.15, 0.2) is 63.0 Å². The van der Waals surface area contributed by atoms with E-state index in [1.54, 1.807) is 30.3 Å². The van der Waals surface area contributed by atoms with Gasteiger partial charge in [-0.15, -0.1) is 0 Å². The molecule has 38 heavy (non-hydrogen) atoms. The average Bonchev–Trinajstić information content (AvgIpc) is 3.36. The van der Waals surface area contributed by atoms with Gasteiger partial charge in [-0.2, -0.15) is 0 Å². The number of carbonyl (C=O) groups is 3. The minimum Gasteiger partial charge on any atom is -0.493 e. The van der Waals surface area contributed by atoms with E-state index >= 15 is 0 Å². The van der Waals surface area contributed by atoms with Crippen molar-refractivity contribution in [3.8, 4) is 23.0 Å². The van der Waals surface area contributed by atoms with Crippen LogP contribution in [0.25, 0.3) is 6.08 Å². The summed E-state index contributed by atoms with van der Waals surface area (Å²) in [5.41, 5.74) is 2.32. The maximum Gasteiger partial charge on any atom is 0.335 e. The molecular weight excluding hydrogens is 624 g/mol. The minimum atomic E-state index is -0.817. The molecule has 0 bridgehead atoms. The van der Waals surface area contributed by atoms with E-state index < -0.39 is 17.8 Å². The second-order valence-corrected chi connectivity index (χ2v) is 10.1. The highest BCUT2D eigenvalue weighted by molar-refractivity contribution is 9.10. The Labute approximate surface area is 234 Å². The van der Waals surface area contributed by atoms with Gasteiger partial charge in [0.2, 0.25) is 6.79 Å². The van der Waals surface area contributed by atoms with Gasteiger partial charge in [-0.1, -0.05) is 37.9 Å². The molecule has 9 nitrogen and oxygen atoms in total. The zero-order valence-corrected chi connectivity index (χ0v) is 23.3. The Balaban J connectivity index is 1.42. The number of carbonyl (C=O) groups excluding carboxylic acids is 3. The molecule has 4 amide bonds. The van der Waals surface area contributed by atoms with E-state index in [4.69, 9.17) is 18.9 Å². The number of anilines is 1. The fourth-order valence-electron chi connectivity index (χ4n) is 3.94. The van der Waals surface area contributed by atoms with E-state index in [0.29, 0.717) is 38.7 Å². The number of urea groups is 1. The number of methoxy groups -OCH3 is 1. The van der Waals surface area contributed by atoms with Crippen LogP contribution in [0.4, 0.5) is 10.5 Å². The number of hydrogen-bond acceptors (Lipinski definition) is 7. The number of barbiturate groups is 1. The number of benzene rings is 3. The quantitative estimate of drug-likeness (QED) is 0.279. The molecule has 11 heteroatoms. The van der Waals surface area contributed by atoms with E-state index in [2.05, 4.69) is 37.2 Å². The molecule has 5 rings (SSSR count). The second-order valence-electron chi connectivity index (χ2n) is 8.39. The monoisotopic (exact) mass is 642 g/mol. The third-order valence-corrected chi connectivity index (χ3v) is 7.49. The number of rotatable bonds is 6. The van der Waals surface area contributed by atoms with Crippen molar-refractivity contribution in [1.29, 1.82) is 0 Å². The lowest BCUT2D eigenvalue weighted by Gasteiger charge is -2.27. The number of nitrogens with zero attached hydrogens (tertiary/aromatic N) is 1. The van der Waals surface area contributed by atoms with Crippen molar-refractivity contribution in [2.75, 3.05) is 18.8 Å². The third-order valence-electron chi connectivity index (χ3n) is 5.92. The standard InChI is InChI=1S/C27H20Br2N2O7/c1-14-7-17(4-5-19(14)28)31-26(33)18(25(32)30-27(31)34)9-16-10-22(35-2)24(11-20(16)29)36-12-15-3-6-21-23(8-15)38-13-37-21/h3-11H,12-13H2,1-2H3,(H,30,32,34)/b18-9+. The van der Waals surface area contributed by atoms with Crippen LogP contribution in [0.5, 0.6) is 23.0 Å². The number of fused-ring (bicyclic) bond motifs is 1. The maximum atomic E-state index is 13.3. The van der Waals surface area contributed by atoms with Crippen LogP contribution >= 0.6 is 31.9 Å². The van der Waals surface area contributed by atoms with Crippen molar-refractivity contribution in [3.63, 3.8) is 0 Å². The summed E-state index contributed by atoms with van der Waals surface area (Å²) in [7, 11) is 1.49. The lowest BCUT2D eigenvalue weighted by molar-refractivity contribution is -0.122. The van der Waals surface area contributed by atoms with Gasteiger partial charge < -0.3 is 18.9 Å². The molecule has 0 unspecified atom stereocenters. The summed E-state index contributed by atoms with van der Waals surface area (Å²) in [6.07, 6.45) is 1.40. The van der Waals surface area contributed by atoms with Crippen molar-refractivity contribution in [3.05, 3.63) is 79.7 Å². The van der Waals surface area contributed by atoms with Crippen molar-refractivity contribution in [2.24, 2.45) is 0 Å². The first-order valence-corrected chi connectivity index (χ1v) is 12.9. The van der Waals surface area contributed by atoms with Gasteiger partial charge in [-0.05, 0) is 72.2 Å². The van der Waals surface area contributed by atoms with Crippen LogP contribution in [0.3, 0.4) is 0 Å². The Kier molecular flexibility index (Phi) is 7.13. The topological polar surface area (TPSA) is 103 Å². The Bertz CT molecular complexity index is 1520. The number of halogens is 2. The Morgan fingerprint density at radius 1 is 0.974 bits per heavy atom. The number of nitrogens with one attached hydrogen (secondary N) is 1. The summed E-state index contributed by atoms with van der Waals surface area (Å²) < 4.78 is 23.6. The lowest BCUT2D eigenvalue weighted by Crippen LogP contribution is -2.54. The number of amides is 4. The summed E-state index contributed by atoms with van der Waals surface area (Å²) in [4.78, 5) is 39.4. The van der Waals surface area contributed by atoms with Gasteiger partial charge in [0.15, 0.2) is 23.0 Å². The van der Waals surface area contributed by atoms with Crippen LogP contribution < -0.4 is 29.2 Å². The lowest BCUT2D eigenvalue weighted by atomic mass is 10.1. The van der Waals surface area contributed by atoms with Crippen LogP contribution in [0.2, 0.25) is 0 Å². The highest BCUT2D eigenvalue weighted by atomic mass is 79.9. The van der Waals surface area contributed by atoms with Gasteiger partial charge in [0.1, 0.15) is 12.2 Å².